The minimum atomic E-state index is -3.81. The third kappa shape index (κ3) is 2.64. The van der Waals surface area contributed by atoms with Gasteiger partial charge in [-0.25, -0.2) is 13.1 Å². The number of hydrogen-bond donors (Lipinski definition) is 3. The predicted octanol–water partition coefficient (Wildman–Crippen LogP) is -1.18. The second kappa shape index (κ2) is 5.07. The average Bonchev–Trinajstić information content (AvgIpc) is 2.93. The summed E-state index contributed by atoms with van der Waals surface area (Å²) in [6.45, 7) is 1.23. The fourth-order valence-electron chi connectivity index (χ4n) is 1.53. The van der Waals surface area contributed by atoms with Gasteiger partial charge in [0.2, 0.25) is 0 Å². The number of nitrogens with one attached hydrogen (secondary N) is 2. The first kappa shape index (κ1) is 13.6. The zero-order valence-electron chi connectivity index (χ0n) is 10.5. The van der Waals surface area contributed by atoms with Gasteiger partial charge in [0.25, 0.3) is 10.0 Å². The smallest absolute Gasteiger partial charge is 0.260 e. The van der Waals surface area contributed by atoms with Crippen LogP contribution in [-0.2, 0) is 30.2 Å². The Morgan fingerprint density at radius 2 is 2.26 bits per heavy atom. The highest BCUT2D eigenvalue weighted by molar-refractivity contribution is 7.89. The van der Waals surface area contributed by atoms with E-state index in [4.69, 9.17) is 5.11 Å². The van der Waals surface area contributed by atoms with Crippen molar-refractivity contribution in [1.82, 2.24) is 29.7 Å². The highest BCUT2D eigenvalue weighted by Crippen LogP contribution is 2.15. The average molecular weight is 286 g/mol. The van der Waals surface area contributed by atoms with Crippen molar-refractivity contribution >= 4 is 10.0 Å². The summed E-state index contributed by atoms with van der Waals surface area (Å²) in [4.78, 5) is 0. The van der Waals surface area contributed by atoms with Crippen LogP contribution in [0.5, 0.6) is 0 Å². The van der Waals surface area contributed by atoms with Gasteiger partial charge in [0.1, 0.15) is 12.2 Å². The first-order valence-corrected chi connectivity index (χ1v) is 6.91. The lowest BCUT2D eigenvalue weighted by atomic mass is 10.3. The van der Waals surface area contributed by atoms with Crippen LogP contribution in [0.2, 0.25) is 0 Å². The van der Waals surface area contributed by atoms with E-state index in [0.29, 0.717) is 11.5 Å². The van der Waals surface area contributed by atoms with E-state index in [1.54, 1.807) is 18.5 Å². The molecule has 0 aromatic carbocycles. The van der Waals surface area contributed by atoms with Crippen LogP contribution in [0.3, 0.4) is 0 Å². The van der Waals surface area contributed by atoms with Crippen LogP contribution in [0.1, 0.15) is 17.1 Å². The molecule has 2 heterocycles. The molecular weight excluding hydrogens is 272 g/mol. The summed E-state index contributed by atoms with van der Waals surface area (Å²) in [5.74, 6) is 0.474. The van der Waals surface area contributed by atoms with E-state index in [0.717, 1.165) is 0 Å². The van der Waals surface area contributed by atoms with Crippen molar-refractivity contribution < 1.29 is 13.5 Å². The lowest BCUT2D eigenvalue weighted by Gasteiger charge is -2.05. The van der Waals surface area contributed by atoms with Crippen LogP contribution in [0.25, 0.3) is 0 Å². The van der Waals surface area contributed by atoms with E-state index in [9.17, 15) is 8.42 Å². The molecule has 3 N–H and O–H groups in total. The molecule has 0 aliphatic rings. The minimum Gasteiger partial charge on any atom is -0.392 e. The lowest BCUT2D eigenvalue weighted by Crippen LogP contribution is -2.26. The molecule has 19 heavy (non-hydrogen) atoms. The summed E-state index contributed by atoms with van der Waals surface area (Å²) in [5, 5.41) is 22.6. The summed E-state index contributed by atoms with van der Waals surface area (Å²) in [5.41, 5.74) is 0.770. The van der Waals surface area contributed by atoms with Gasteiger partial charge in [-0.3, -0.25) is 5.10 Å². The van der Waals surface area contributed by atoms with E-state index in [1.807, 2.05) is 0 Å². The SMILES string of the molecule is Cc1[nH]nc(S(=O)(=O)NCc2nncn2C)c1CO. The molecule has 2 rings (SSSR count). The molecule has 9 nitrogen and oxygen atoms in total. The Balaban J connectivity index is 2.21. The standard InChI is InChI=1S/C9H14N6O3S/c1-6-7(4-16)9(14-12-6)19(17,18)11-3-8-13-10-5-15(8)2/h5,11,16H,3-4H2,1-2H3,(H,12,14). The van der Waals surface area contributed by atoms with E-state index >= 15 is 0 Å². The molecule has 0 saturated heterocycles. The van der Waals surface area contributed by atoms with Gasteiger partial charge in [0.15, 0.2) is 5.03 Å². The van der Waals surface area contributed by atoms with Crippen molar-refractivity contribution in [2.45, 2.75) is 25.1 Å². The van der Waals surface area contributed by atoms with Gasteiger partial charge < -0.3 is 9.67 Å². The molecule has 0 spiro atoms. The molecule has 0 bridgehead atoms. The summed E-state index contributed by atoms with van der Waals surface area (Å²) in [6, 6.07) is 0. The number of aryl methyl sites for hydroxylation is 2. The Hall–Kier alpha value is -1.78. The lowest BCUT2D eigenvalue weighted by molar-refractivity contribution is 0.277. The maximum atomic E-state index is 12.1. The Bertz CT molecular complexity index is 674. The van der Waals surface area contributed by atoms with Crippen molar-refractivity contribution in [2.75, 3.05) is 0 Å². The number of aliphatic hydroxyl groups is 1. The number of sulfonamides is 1. The molecule has 0 unspecified atom stereocenters. The van der Waals surface area contributed by atoms with Crippen LogP contribution < -0.4 is 4.72 Å². The van der Waals surface area contributed by atoms with Crippen LogP contribution in [-0.4, -0.2) is 38.5 Å². The summed E-state index contributed by atoms with van der Waals surface area (Å²) < 4.78 is 28.1. The Kier molecular flexibility index (Phi) is 3.64. The summed E-state index contributed by atoms with van der Waals surface area (Å²) in [6.07, 6.45) is 1.47. The van der Waals surface area contributed by atoms with Crippen LogP contribution in [0.4, 0.5) is 0 Å². The molecule has 2 aromatic rings. The summed E-state index contributed by atoms with van der Waals surface area (Å²) >= 11 is 0. The topological polar surface area (TPSA) is 126 Å². The normalized spacial score (nSPS) is 11.9. The Labute approximate surface area is 109 Å². The van der Waals surface area contributed by atoms with Crippen molar-refractivity contribution in [2.24, 2.45) is 7.05 Å². The highest BCUT2D eigenvalue weighted by Gasteiger charge is 2.23. The monoisotopic (exact) mass is 286 g/mol. The van der Waals surface area contributed by atoms with Crippen LogP contribution >= 0.6 is 0 Å². The first-order chi connectivity index (χ1) is 8.95. The van der Waals surface area contributed by atoms with Gasteiger partial charge in [-0.1, -0.05) is 0 Å². The molecule has 0 radical (unpaired) electrons. The summed E-state index contributed by atoms with van der Waals surface area (Å²) in [7, 11) is -2.10. The molecule has 2 aromatic heterocycles. The largest absolute Gasteiger partial charge is 0.392 e. The fourth-order valence-corrected chi connectivity index (χ4v) is 2.70. The maximum Gasteiger partial charge on any atom is 0.260 e. The predicted molar refractivity (Wildman–Crippen MR) is 64.3 cm³/mol. The number of aromatic amines is 1. The van der Waals surface area contributed by atoms with Crippen molar-refractivity contribution in [3.8, 4) is 0 Å². The van der Waals surface area contributed by atoms with Gasteiger partial charge >= 0.3 is 0 Å². The van der Waals surface area contributed by atoms with Gasteiger partial charge in [0.05, 0.1) is 13.2 Å². The Morgan fingerprint density at radius 1 is 1.53 bits per heavy atom. The second-order valence-corrected chi connectivity index (χ2v) is 5.66. The van der Waals surface area contributed by atoms with E-state index in [2.05, 4.69) is 25.1 Å². The van der Waals surface area contributed by atoms with Gasteiger partial charge in [-0.2, -0.15) is 5.10 Å². The van der Waals surface area contributed by atoms with Gasteiger partial charge in [0, 0.05) is 18.3 Å². The molecule has 0 atom stereocenters. The number of hydrogen-bond acceptors (Lipinski definition) is 6. The second-order valence-electron chi connectivity index (χ2n) is 3.97. The van der Waals surface area contributed by atoms with E-state index in [1.165, 1.54) is 6.33 Å². The first-order valence-electron chi connectivity index (χ1n) is 5.43. The van der Waals surface area contributed by atoms with E-state index in [-0.39, 0.29) is 17.1 Å². The molecule has 0 saturated carbocycles. The van der Waals surface area contributed by atoms with Gasteiger partial charge in [-0.05, 0) is 6.92 Å². The van der Waals surface area contributed by atoms with Crippen molar-refractivity contribution in [1.29, 1.82) is 0 Å². The molecule has 0 amide bonds. The van der Waals surface area contributed by atoms with Crippen molar-refractivity contribution in [3.63, 3.8) is 0 Å². The molecule has 0 aliphatic heterocycles. The molecule has 104 valence electrons. The zero-order chi connectivity index (χ0) is 14.0. The quantitative estimate of drug-likeness (QED) is 0.635. The molecule has 0 fully saturated rings. The van der Waals surface area contributed by atoms with Crippen molar-refractivity contribution in [3.05, 3.63) is 23.4 Å². The van der Waals surface area contributed by atoms with Crippen LogP contribution in [0.15, 0.2) is 11.4 Å². The highest BCUT2D eigenvalue weighted by atomic mass is 32.2. The number of rotatable bonds is 5. The van der Waals surface area contributed by atoms with E-state index < -0.39 is 16.6 Å². The molecular formula is C9H14N6O3S. The number of aromatic nitrogens is 5. The number of aliphatic hydroxyl groups excluding tert-OH is 1. The number of H-pyrrole nitrogens is 1. The zero-order valence-corrected chi connectivity index (χ0v) is 11.3. The fraction of sp³-hybridized carbons (Fsp3) is 0.444. The minimum absolute atomic E-state index is 0.00436. The molecule has 10 heteroatoms. The van der Waals surface area contributed by atoms with Gasteiger partial charge in [-0.15, -0.1) is 10.2 Å². The number of nitrogens with zero attached hydrogens (tertiary/aromatic N) is 4. The van der Waals surface area contributed by atoms with Crippen LogP contribution in [0, 0.1) is 6.92 Å². The third-order valence-corrected chi connectivity index (χ3v) is 4.05. The molecule has 0 aliphatic carbocycles. The third-order valence-electron chi connectivity index (χ3n) is 2.67. The maximum absolute atomic E-state index is 12.1. The Morgan fingerprint density at radius 3 is 2.84 bits per heavy atom.